The van der Waals surface area contributed by atoms with Crippen LogP contribution in [0.1, 0.15) is 11.3 Å². The zero-order valence-corrected chi connectivity index (χ0v) is 10.9. The van der Waals surface area contributed by atoms with Crippen LogP contribution in [0.25, 0.3) is 0 Å². The number of hydrogen-bond donors (Lipinski definition) is 0. The topological polar surface area (TPSA) is 70.8 Å². The van der Waals surface area contributed by atoms with Crippen molar-refractivity contribution in [1.82, 2.24) is 4.98 Å². The van der Waals surface area contributed by atoms with Crippen LogP contribution in [0.2, 0.25) is 0 Å². The fourth-order valence-corrected chi connectivity index (χ4v) is 2.98. The van der Waals surface area contributed by atoms with E-state index in [4.69, 9.17) is 5.26 Å². The van der Waals surface area contributed by atoms with Crippen molar-refractivity contribution in [2.45, 2.75) is 10.6 Å². The quantitative estimate of drug-likeness (QED) is 0.814. The number of nitriles is 1. The van der Waals surface area contributed by atoms with Gasteiger partial charge >= 0.3 is 0 Å². The molecule has 1 heterocycles. The van der Waals surface area contributed by atoms with Crippen molar-refractivity contribution in [3.8, 4) is 6.07 Å². The second-order valence-corrected chi connectivity index (χ2v) is 5.95. The van der Waals surface area contributed by atoms with Gasteiger partial charge in [-0.1, -0.05) is 6.07 Å². The average Bonchev–Trinajstić information content (AvgIpc) is 2.42. The minimum absolute atomic E-state index is 0.0151. The van der Waals surface area contributed by atoms with Crippen molar-refractivity contribution in [2.75, 3.05) is 0 Å². The van der Waals surface area contributed by atoms with E-state index in [2.05, 4.69) is 4.98 Å². The van der Waals surface area contributed by atoms with Crippen molar-refractivity contribution in [2.24, 2.45) is 0 Å². The zero-order valence-electron chi connectivity index (χ0n) is 10.0. The molecule has 0 aliphatic heterocycles. The molecule has 0 radical (unpaired) electrons. The summed E-state index contributed by atoms with van der Waals surface area (Å²) in [6.45, 7) is 0. The van der Waals surface area contributed by atoms with E-state index in [1.54, 1.807) is 6.07 Å². The number of benzene rings is 1. The maximum absolute atomic E-state index is 13.1. The van der Waals surface area contributed by atoms with E-state index in [0.717, 1.165) is 12.1 Å². The SMILES string of the molecule is N#Cc1ncccc1CS(=O)(=O)c1ccc(F)c(F)c1. The van der Waals surface area contributed by atoms with Crippen LogP contribution in [0.15, 0.2) is 41.4 Å². The van der Waals surface area contributed by atoms with E-state index in [-0.39, 0.29) is 16.2 Å². The molecule has 0 aliphatic carbocycles. The molecule has 0 amide bonds. The summed E-state index contributed by atoms with van der Waals surface area (Å²) < 4.78 is 50.1. The Labute approximate surface area is 114 Å². The highest BCUT2D eigenvalue weighted by Gasteiger charge is 2.19. The van der Waals surface area contributed by atoms with Gasteiger partial charge in [0.1, 0.15) is 11.8 Å². The highest BCUT2D eigenvalue weighted by atomic mass is 32.2. The number of sulfone groups is 1. The first-order valence-corrected chi connectivity index (χ1v) is 7.11. The number of aromatic nitrogens is 1. The van der Waals surface area contributed by atoms with E-state index in [1.165, 1.54) is 18.3 Å². The Bertz CT molecular complexity index is 798. The van der Waals surface area contributed by atoms with E-state index in [0.29, 0.717) is 6.07 Å². The van der Waals surface area contributed by atoms with Crippen LogP contribution in [0, 0.1) is 23.0 Å². The number of rotatable bonds is 3. The molecule has 20 heavy (non-hydrogen) atoms. The molecule has 0 saturated heterocycles. The molecule has 0 unspecified atom stereocenters. The van der Waals surface area contributed by atoms with Crippen LogP contribution in [0.3, 0.4) is 0 Å². The standard InChI is InChI=1S/C13H8F2N2O2S/c14-11-4-3-10(6-12(11)15)20(18,19)8-9-2-1-5-17-13(9)7-16/h1-6H,8H2. The number of pyridine rings is 1. The van der Waals surface area contributed by atoms with Gasteiger partial charge in [-0.25, -0.2) is 22.2 Å². The van der Waals surface area contributed by atoms with Crippen LogP contribution in [0.5, 0.6) is 0 Å². The minimum atomic E-state index is -3.88. The van der Waals surface area contributed by atoms with Crippen LogP contribution >= 0.6 is 0 Å². The highest BCUT2D eigenvalue weighted by molar-refractivity contribution is 7.90. The van der Waals surface area contributed by atoms with Crippen molar-refractivity contribution < 1.29 is 17.2 Å². The number of nitrogens with zero attached hydrogens (tertiary/aromatic N) is 2. The van der Waals surface area contributed by atoms with Crippen LogP contribution in [0.4, 0.5) is 8.78 Å². The summed E-state index contributed by atoms with van der Waals surface area (Å²) in [5.74, 6) is -2.87. The lowest BCUT2D eigenvalue weighted by atomic mass is 10.2. The molecular weight excluding hydrogens is 286 g/mol. The van der Waals surface area contributed by atoms with E-state index < -0.39 is 27.2 Å². The minimum Gasteiger partial charge on any atom is -0.245 e. The van der Waals surface area contributed by atoms with Crippen molar-refractivity contribution in [3.63, 3.8) is 0 Å². The maximum atomic E-state index is 13.1. The van der Waals surface area contributed by atoms with Gasteiger partial charge in [-0.15, -0.1) is 0 Å². The second kappa shape index (κ2) is 5.35. The average molecular weight is 294 g/mol. The third-order valence-electron chi connectivity index (χ3n) is 2.59. The predicted molar refractivity (Wildman–Crippen MR) is 66.2 cm³/mol. The van der Waals surface area contributed by atoms with Crippen LogP contribution < -0.4 is 0 Å². The number of halogens is 2. The fraction of sp³-hybridized carbons (Fsp3) is 0.0769. The monoisotopic (exact) mass is 294 g/mol. The maximum Gasteiger partial charge on any atom is 0.182 e. The van der Waals surface area contributed by atoms with E-state index >= 15 is 0 Å². The van der Waals surface area contributed by atoms with Gasteiger partial charge in [0.2, 0.25) is 0 Å². The molecule has 2 rings (SSSR count). The largest absolute Gasteiger partial charge is 0.245 e. The predicted octanol–water partition coefficient (Wildman–Crippen LogP) is 2.21. The third-order valence-corrected chi connectivity index (χ3v) is 4.26. The molecule has 4 nitrogen and oxygen atoms in total. The molecule has 7 heteroatoms. The van der Waals surface area contributed by atoms with Crippen molar-refractivity contribution in [1.29, 1.82) is 5.26 Å². The molecule has 1 aromatic heterocycles. The van der Waals surface area contributed by atoms with Gasteiger partial charge in [0, 0.05) is 11.8 Å². The summed E-state index contributed by atoms with van der Waals surface area (Å²) in [5, 5.41) is 8.85. The van der Waals surface area contributed by atoms with Gasteiger partial charge < -0.3 is 0 Å². The van der Waals surface area contributed by atoms with Gasteiger partial charge in [-0.2, -0.15) is 5.26 Å². The molecule has 0 N–H and O–H groups in total. The first-order valence-electron chi connectivity index (χ1n) is 5.46. The Morgan fingerprint density at radius 2 is 1.95 bits per heavy atom. The van der Waals surface area contributed by atoms with Crippen LogP contribution in [-0.4, -0.2) is 13.4 Å². The highest BCUT2D eigenvalue weighted by Crippen LogP contribution is 2.19. The molecule has 0 saturated carbocycles. The van der Waals surface area contributed by atoms with E-state index in [9.17, 15) is 17.2 Å². The lowest BCUT2D eigenvalue weighted by Gasteiger charge is -2.06. The second-order valence-electron chi connectivity index (χ2n) is 3.96. The lowest BCUT2D eigenvalue weighted by molar-refractivity contribution is 0.504. The van der Waals surface area contributed by atoms with Gasteiger partial charge in [0.25, 0.3) is 0 Å². The zero-order chi connectivity index (χ0) is 14.8. The van der Waals surface area contributed by atoms with Gasteiger partial charge in [-0.05, 0) is 24.3 Å². The molecule has 1 aromatic carbocycles. The van der Waals surface area contributed by atoms with E-state index in [1.807, 2.05) is 0 Å². The third kappa shape index (κ3) is 2.81. The van der Waals surface area contributed by atoms with Gasteiger partial charge in [-0.3, -0.25) is 0 Å². The molecule has 0 spiro atoms. The van der Waals surface area contributed by atoms with Crippen molar-refractivity contribution in [3.05, 3.63) is 59.4 Å². The van der Waals surface area contributed by atoms with Gasteiger partial charge in [0.15, 0.2) is 21.5 Å². The van der Waals surface area contributed by atoms with Crippen molar-refractivity contribution >= 4 is 9.84 Å². The summed E-state index contributed by atoms with van der Waals surface area (Å²) in [5.41, 5.74) is 0.193. The molecule has 102 valence electrons. The molecule has 0 bridgehead atoms. The first kappa shape index (κ1) is 14.1. The molecule has 0 atom stereocenters. The summed E-state index contributed by atoms with van der Waals surface area (Å²) in [7, 11) is -3.88. The normalized spacial score (nSPS) is 11.1. The van der Waals surface area contributed by atoms with Gasteiger partial charge in [0.05, 0.1) is 10.6 Å². The molecule has 0 aliphatic rings. The molecular formula is C13H8F2N2O2S. The lowest BCUT2D eigenvalue weighted by Crippen LogP contribution is -2.07. The summed E-state index contributed by atoms with van der Waals surface area (Å²) in [6, 6.07) is 7.07. The Hall–Kier alpha value is -2.33. The van der Waals surface area contributed by atoms with Crippen LogP contribution in [-0.2, 0) is 15.6 Å². The fourth-order valence-electron chi connectivity index (χ4n) is 1.61. The smallest absolute Gasteiger partial charge is 0.182 e. The first-order chi connectivity index (χ1) is 9.44. The molecule has 2 aromatic rings. The summed E-state index contributed by atoms with van der Waals surface area (Å²) in [6.07, 6.45) is 1.37. The summed E-state index contributed by atoms with van der Waals surface area (Å²) >= 11 is 0. The Balaban J connectivity index is 2.41. The Kier molecular flexibility index (Phi) is 3.77. The Morgan fingerprint density at radius 3 is 2.60 bits per heavy atom. The summed E-state index contributed by atoms with van der Waals surface area (Å²) in [4.78, 5) is 3.40. The number of hydrogen-bond acceptors (Lipinski definition) is 4. The molecule has 0 fully saturated rings. The Morgan fingerprint density at radius 1 is 1.20 bits per heavy atom.